The molecule has 0 saturated heterocycles. The smallest absolute Gasteiger partial charge is 0.122 e. The average molecular weight is 223 g/mol. The maximum Gasteiger partial charge on any atom is 0.122 e. The number of aryl methyl sites for hydroxylation is 2. The Balaban J connectivity index is 3.18. The summed E-state index contributed by atoms with van der Waals surface area (Å²) >= 11 is 0. The summed E-state index contributed by atoms with van der Waals surface area (Å²) in [6.07, 6.45) is 0.0182. The van der Waals surface area contributed by atoms with Crippen LogP contribution in [0.3, 0.4) is 0 Å². The van der Waals surface area contributed by atoms with E-state index in [-0.39, 0.29) is 6.17 Å². The zero-order chi connectivity index (χ0) is 12.3. The van der Waals surface area contributed by atoms with Gasteiger partial charge in [-0.15, -0.1) is 0 Å². The van der Waals surface area contributed by atoms with Crippen molar-refractivity contribution in [1.29, 1.82) is 0 Å². The Bertz CT molecular complexity index is 364. The minimum atomic E-state index is 0.0182. The predicted molar refractivity (Wildman–Crippen MR) is 66.2 cm³/mol. The normalized spacial score (nSPS) is 12.9. The molecule has 0 spiro atoms. The molecule has 16 heavy (non-hydrogen) atoms. The van der Waals surface area contributed by atoms with Crippen molar-refractivity contribution >= 4 is 0 Å². The molecule has 4 nitrogen and oxygen atoms in total. The molecule has 1 unspecified atom stereocenters. The van der Waals surface area contributed by atoms with E-state index in [2.05, 4.69) is 18.4 Å². The van der Waals surface area contributed by atoms with Crippen LogP contribution in [-0.2, 0) is 0 Å². The minimum absolute atomic E-state index is 0.0182. The number of benzene rings is 1. The number of hydrogen-bond acceptors (Lipinski definition) is 4. The largest absolute Gasteiger partial charge is 0.496 e. The summed E-state index contributed by atoms with van der Waals surface area (Å²) in [6, 6.07) is 4.15. The summed E-state index contributed by atoms with van der Waals surface area (Å²) in [5, 5.41) is 0. The lowest BCUT2D eigenvalue weighted by molar-refractivity contribution is 0.251. The molecular weight excluding hydrogens is 202 g/mol. The van der Waals surface area contributed by atoms with Crippen LogP contribution in [0, 0.1) is 13.8 Å². The van der Waals surface area contributed by atoms with Crippen LogP contribution in [0.1, 0.15) is 22.9 Å². The molecule has 0 amide bonds. The maximum atomic E-state index is 5.57. The highest BCUT2D eigenvalue weighted by Crippen LogP contribution is 2.26. The van der Waals surface area contributed by atoms with E-state index in [0.29, 0.717) is 0 Å². The van der Waals surface area contributed by atoms with Gasteiger partial charge in [-0.3, -0.25) is 10.7 Å². The monoisotopic (exact) mass is 223 g/mol. The Morgan fingerprint density at radius 2 is 1.88 bits per heavy atom. The van der Waals surface area contributed by atoms with Crippen LogP contribution in [0.5, 0.6) is 5.75 Å². The molecule has 1 aromatic rings. The Labute approximate surface area is 97.4 Å². The number of nitrogens with zero attached hydrogens (tertiary/aromatic N) is 1. The summed E-state index contributed by atoms with van der Waals surface area (Å²) < 4.78 is 5.29. The molecule has 0 aliphatic rings. The van der Waals surface area contributed by atoms with Gasteiger partial charge in [-0.1, -0.05) is 0 Å². The number of nitrogens with two attached hydrogens (primary N) is 1. The lowest BCUT2D eigenvalue weighted by atomic mass is 10.0. The third-order valence-electron chi connectivity index (χ3n) is 2.75. The van der Waals surface area contributed by atoms with Crippen molar-refractivity contribution in [3.8, 4) is 5.75 Å². The maximum absolute atomic E-state index is 5.57. The van der Waals surface area contributed by atoms with Crippen molar-refractivity contribution in [3.63, 3.8) is 0 Å². The Hall–Kier alpha value is -1.10. The van der Waals surface area contributed by atoms with Crippen molar-refractivity contribution < 1.29 is 4.74 Å². The van der Waals surface area contributed by atoms with E-state index >= 15 is 0 Å². The molecule has 3 N–H and O–H groups in total. The third kappa shape index (κ3) is 2.52. The highest BCUT2D eigenvalue weighted by molar-refractivity contribution is 5.42. The first-order valence-electron chi connectivity index (χ1n) is 5.29. The number of hydrogen-bond donors (Lipinski definition) is 2. The second-order valence-electron chi connectivity index (χ2n) is 4.21. The van der Waals surface area contributed by atoms with Gasteiger partial charge in [0.05, 0.1) is 13.3 Å². The second-order valence-corrected chi connectivity index (χ2v) is 4.21. The molecule has 0 aliphatic heterocycles. The van der Waals surface area contributed by atoms with E-state index in [1.165, 1.54) is 11.1 Å². The van der Waals surface area contributed by atoms with E-state index in [0.717, 1.165) is 11.3 Å². The van der Waals surface area contributed by atoms with Gasteiger partial charge in [0.25, 0.3) is 0 Å². The van der Waals surface area contributed by atoms with Gasteiger partial charge >= 0.3 is 0 Å². The lowest BCUT2D eigenvalue weighted by Gasteiger charge is -2.26. The highest BCUT2D eigenvalue weighted by atomic mass is 16.5. The van der Waals surface area contributed by atoms with Gasteiger partial charge in [-0.25, -0.2) is 5.43 Å². The third-order valence-corrected chi connectivity index (χ3v) is 2.75. The highest BCUT2D eigenvalue weighted by Gasteiger charge is 2.15. The quantitative estimate of drug-likeness (QED) is 0.459. The summed E-state index contributed by atoms with van der Waals surface area (Å²) in [5.41, 5.74) is 6.26. The summed E-state index contributed by atoms with van der Waals surface area (Å²) in [7, 11) is 5.67. The first-order chi connectivity index (χ1) is 7.51. The second kappa shape index (κ2) is 5.30. The molecule has 90 valence electrons. The van der Waals surface area contributed by atoms with E-state index in [1.807, 2.05) is 32.0 Å². The van der Waals surface area contributed by atoms with E-state index in [4.69, 9.17) is 10.6 Å². The van der Waals surface area contributed by atoms with Gasteiger partial charge in [-0.05, 0) is 56.8 Å². The molecule has 4 heteroatoms. The van der Waals surface area contributed by atoms with Gasteiger partial charge in [0, 0.05) is 0 Å². The molecule has 0 heterocycles. The van der Waals surface area contributed by atoms with Crippen molar-refractivity contribution in [2.75, 3.05) is 21.2 Å². The number of methoxy groups -OCH3 is 1. The zero-order valence-corrected chi connectivity index (χ0v) is 10.7. The Kier molecular flexibility index (Phi) is 4.29. The molecule has 0 radical (unpaired) electrons. The topological polar surface area (TPSA) is 50.5 Å². The van der Waals surface area contributed by atoms with Gasteiger partial charge in [-0.2, -0.15) is 0 Å². The molecule has 1 aromatic carbocycles. The number of rotatable bonds is 4. The van der Waals surface area contributed by atoms with Crippen LogP contribution in [-0.4, -0.2) is 26.1 Å². The van der Waals surface area contributed by atoms with E-state index in [1.54, 1.807) is 7.11 Å². The van der Waals surface area contributed by atoms with Gasteiger partial charge in [0.1, 0.15) is 5.75 Å². The molecule has 1 rings (SSSR count). The van der Waals surface area contributed by atoms with Crippen LogP contribution in [0.4, 0.5) is 0 Å². The Morgan fingerprint density at radius 1 is 1.25 bits per heavy atom. The SMILES string of the molecule is COc1cc(C)c(C(NN)N(C)C)cc1C. The Morgan fingerprint density at radius 3 is 2.31 bits per heavy atom. The van der Waals surface area contributed by atoms with Crippen molar-refractivity contribution in [1.82, 2.24) is 10.3 Å². The van der Waals surface area contributed by atoms with Crippen molar-refractivity contribution in [2.24, 2.45) is 5.84 Å². The molecule has 0 aromatic heterocycles. The van der Waals surface area contributed by atoms with Crippen LogP contribution in [0.2, 0.25) is 0 Å². The molecule has 0 bridgehead atoms. The fourth-order valence-electron chi connectivity index (χ4n) is 1.84. The van der Waals surface area contributed by atoms with E-state index in [9.17, 15) is 0 Å². The minimum Gasteiger partial charge on any atom is -0.496 e. The fourth-order valence-corrected chi connectivity index (χ4v) is 1.84. The fraction of sp³-hybridized carbons (Fsp3) is 0.500. The standard InChI is InChI=1S/C12H21N3O/c1-8-7-11(16-5)9(2)6-10(8)12(14-13)15(3)4/h6-7,12,14H,13H2,1-5H3. The van der Waals surface area contributed by atoms with Gasteiger partial charge < -0.3 is 4.74 Å². The number of nitrogens with one attached hydrogen (secondary N) is 1. The molecule has 0 saturated carbocycles. The zero-order valence-electron chi connectivity index (χ0n) is 10.7. The lowest BCUT2D eigenvalue weighted by Crippen LogP contribution is -2.38. The van der Waals surface area contributed by atoms with Crippen LogP contribution < -0.4 is 16.0 Å². The molecular formula is C12H21N3O. The summed E-state index contributed by atoms with van der Waals surface area (Å²) in [4.78, 5) is 2.04. The van der Waals surface area contributed by atoms with Crippen LogP contribution in [0.15, 0.2) is 12.1 Å². The number of ether oxygens (including phenoxy) is 1. The predicted octanol–water partition coefficient (Wildman–Crippen LogP) is 1.34. The van der Waals surface area contributed by atoms with Crippen LogP contribution >= 0.6 is 0 Å². The molecule has 0 fully saturated rings. The van der Waals surface area contributed by atoms with Gasteiger partial charge in [0.2, 0.25) is 0 Å². The summed E-state index contributed by atoms with van der Waals surface area (Å²) in [6.45, 7) is 4.09. The van der Waals surface area contributed by atoms with E-state index < -0.39 is 0 Å². The first kappa shape index (κ1) is 13.0. The van der Waals surface area contributed by atoms with Gasteiger partial charge in [0.15, 0.2) is 0 Å². The average Bonchev–Trinajstić information content (AvgIpc) is 2.23. The molecule has 0 aliphatic carbocycles. The van der Waals surface area contributed by atoms with Crippen molar-refractivity contribution in [2.45, 2.75) is 20.0 Å². The number of hydrazine groups is 1. The first-order valence-corrected chi connectivity index (χ1v) is 5.29. The van der Waals surface area contributed by atoms with Crippen molar-refractivity contribution in [3.05, 3.63) is 28.8 Å². The van der Waals surface area contributed by atoms with Crippen LogP contribution in [0.25, 0.3) is 0 Å². The molecule has 1 atom stereocenters. The summed E-state index contributed by atoms with van der Waals surface area (Å²) in [5.74, 6) is 6.49.